The molecule has 1 aliphatic heterocycles. The maximum absolute atomic E-state index is 13.1. The van der Waals surface area contributed by atoms with Gasteiger partial charge in [-0.05, 0) is 44.4 Å². The molecular weight excluding hydrogens is 384 g/mol. The van der Waals surface area contributed by atoms with Crippen LogP contribution >= 0.6 is 0 Å². The summed E-state index contributed by atoms with van der Waals surface area (Å²) < 4.78 is 10.5. The zero-order valence-electron chi connectivity index (χ0n) is 17.2. The van der Waals surface area contributed by atoms with Gasteiger partial charge in [0.2, 0.25) is 5.91 Å². The van der Waals surface area contributed by atoms with E-state index >= 15 is 0 Å². The van der Waals surface area contributed by atoms with Gasteiger partial charge in [-0.3, -0.25) is 9.69 Å². The summed E-state index contributed by atoms with van der Waals surface area (Å²) in [5, 5.41) is 2.80. The van der Waals surface area contributed by atoms with Crippen LogP contribution in [0.1, 0.15) is 42.6 Å². The summed E-state index contributed by atoms with van der Waals surface area (Å²) in [6, 6.07) is 16.0. The van der Waals surface area contributed by atoms with E-state index in [9.17, 15) is 14.4 Å². The number of hydrogen-bond donors (Lipinski definition) is 1. The summed E-state index contributed by atoms with van der Waals surface area (Å²) in [7, 11) is 0. The minimum Gasteiger partial charge on any atom is -0.462 e. The molecule has 1 N–H and O–H groups in total. The SMILES string of the molecule is CCOC(=O)c1ccccc1NC(=O)C1(C)CCCN1C(=O)OCc1ccccc1. The van der Waals surface area contributed by atoms with E-state index in [1.54, 1.807) is 38.1 Å². The van der Waals surface area contributed by atoms with Gasteiger partial charge in [0.25, 0.3) is 0 Å². The minimum atomic E-state index is -1.07. The van der Waals surface area contributed by atoms with Crippen LogP contribution in [0, 0.1) is 0 Å². The van der Waals surface area contributed by atoms with Crippen molar-refractivity contribution in [2.45, 2.75) is 38.8 Å². The number of para-hydroxylation sites is 1. The van der Waals surface area contributed by atoms with Crippen molar-refractivity contribution in [2.24, 2.45) is 0 Å². The van der Waals surface area contributed by atoms with Gasteiger partial charge in [-0.15, -0.1) is 0 Å². The Hall–Kier alpha value is -3.35. The third-order valence-electron chi connectivity index (χ3n) is 5.23. The fraction of sp³-hybridized carbons (Fsp3) is 0.348. The number of carbonyl (C=O) groups is 3. The van der Waals surface area contributed by atoms with Crippen LogP contribution < -0.4 is 5.32 Å². The van der Waals surface area contributed by atoms with Crippen molar-refractivity contribution in [3.05, 3.63) is 65.7 Å². The van der Waals surface area contributed by atoms with Crippen LogP contribution in [0.3, 0.4) is 0 Å². The van der Waals surface area contributed by atoms with Gasteiger partial charge in [0.15, 0.2) is 0 Å². The van der Waals surface area contributed by atoms with Crippen molar-refractivity contribution in [1.29, 1.82) is 0 Å². The smallest absolute Gasteiger partial charge is 0.410 e. The molecule has 0 bridgehead atoms. The van der Waals surface area contributed by atoms with Gasteiger partial charge >= 0.3 is 12.1 Å². The van der Waals surface area contributed by atoms with Crippen LogP contribution in [0.15, 0.2) is 54.6 Å². The van der Waals surface area contributed by atoms with E-state index in [0.717, 1.165) is 5.56 Å². The third-order valence-corrected chi connectivity index (χ3v) is 5.23. The van der Waals surface area contributed by atoms with E-state index in [2.05, 4.69) is 5.32 Å². The van der Waals surface area contributed by atoms with Crippen LogP contribution in [0.4, 0.5) is 10.5 Å². The number of nitrogens with one attached hydrogen (secondary N) is 1. The molecule has 0 aromatic heterocycles. The molecule has 0 aliphatic carbocycles. The average Bonchev–Trinajstić information content (AvgIpc) is 3.16. The first-order valence-corrected chi connectivity index (χ1v) is 10.0. The molecule has 0 spiro atoms. The Morgan fingerprint density at radius 2 is 1.73 bits per heavy atom. The highest BCUT2D eigenvalue weighted by atomic mass is 16.6. The molecule has 1 fully saturated rings. The number of likely N-dealkylation sites (tertiary alicyclic amines) is 1. The number of rotatable bonds is 6. The fourth-order valence-corrected chi connectivity index (χ4v) is 3.53. The molecule has 1 atom stereocenters. The van der Waals surface area contributed by atoms with E-state index < -0.39 is 17.6 Å². The monoisotopic (exact) mass is 410 g/mol. The van der Waals surface area contributed by atoms with Gasteiger partial charge in [0.05, 0.1) is 17.9 Å². The van der Waals surface area contributed by atoms with Crippen LogP contribution in [0.5, 0.6) is 0 Å². The Kier molecular flexibility index (Phi) is 6.72. The fourth-order valence-electron chi connectivity index (χ4n) is 3.53. The second-order valence-electron chi connectivity index (χ2n) is 7.29. The summed E-state index contributed by atoms with van der Waals surface area (Å²) in [5.74, 6) is -0.877. The van der Waals surface area contributed by atoms with Crippen molar-refractivity contribution in [1.82, 2.24) is 4.90 Å². The lowest BCUT2D eigenvalue weighted by molar-refractivity contribution is -0.125. The summed E-state index contributed by atoms with van der Waals surface area (Å²) in [4.78, 5) is 39.5. The zero-order valence-corrected chi connectivity index (χ0v) is 17.2. The molecule has 1 heterocycles. The molecule has 2 amide bonds. The molecule has 7 nitrogen and oxygen atoms in total. The summed E-state index contributed by atoms with van der Waals surface area (Å²) in [6.45, 7) is 4.24. The molecule has 0 saturated carbocycles. The number of ether oxygens (including phenoxy) is 2. The second kappa shape index (κ2) is 9.43. The first-order chi connectivity index (χ1) is 14.5. The van der Waals surface area contributed by atoms with Gasteiger partial charge in [0.1, 0.15) is 12.1 Å². The highest BCUT2D eigenvalue weighted by Gasteiger charge is 2.46. The quantitative estimate of drug-likeness (QED) is 0.728. The topological polar surface area (TPSA) is 84.9 Å². The number of amides is 2. The molecular formula is C23H26N2O5. The molecule has 1 saturated heterocycles. The first-order valence-electron chi connectivity index (χ1n) is 10.0. The molecule has 7 heteroatoms. The molecule has 30 heavy (non-hydrogen) atoms. The largest absolute Gasteiger partial charge is 0.462 e. The minimum absolute atomic E-state index is 0.138. The number of benzene rings is 2. The Bertz CT molecular complexity index is 915. The van der Waals surface area contributed by atoms with Crippen molar-refractivity contribution >= 4 is 23.7 Å². The number of carbonyl (C=O) groups excluding carboxylic acids is 3. The molecule has 3 rings (SSSR count). The van der Waals surface area contributed by atoms with E-state index in [1.807, 2.05) is 30.3 Å². The lowest BCUT2D eigenvalue weighted by atomic mass is 9.97. The van der Waals surface area contributed by atoms with Crippen molar-refractivity contribution < 1.29 is 23.9 Å². The van der Waals surface area contributed by atoms with Crippen LogP contribution in [-0.4, -0.2) is 41.6 Å². The molecule has 1 unspecified atom stereocenters. The number of hydrogen-bond acceptors (Lipinski definition) is 5. The van der Waals surface area contributed by atoms with Gasteiger partial charge in [0, 0.05) is 6.54 Å². The number of esters is 1. The number of nitrogens with zero attached hydrogens (tertiary/aromatic N) is 1. The number of anilines is 1. The van der Waals surface area contributed by atoms with Crippen molar-refractivity contribution in [2.75, 3.05) is 18.5 Å². The molecule has 0 radical (unpaired) electrons. The standard InChI is InChI=1S/C23H26N2O5/c1-3-29-20(26)18-12-7-8-13-19(18)24-21(27)23(2)14-9-15-25(23)22(28)30-16-17-10-5-4-6-11-17/h4-8,10-13H,3,9,14-16H2,1-2H3,(H,24,27). The Balaban J connectivity index is 1.71. The van der Waals surface area contributed by atoms with Crippen molar-refractivity contribution in [3.63, 3.8) is 0 Å². The normalized spacial score (nSPS) is 18.0. The zero-order chi connectivity index (χ0) is 21.6. The predicted molar refractivity (Wildman–Crippen MR) is 112 cm³/mol. The lowest BCUT2D eigenvalue weighted by Crippen LogP contribution is -2.53. The maximum atomic E-state index is 13.1. The average molecular weight is 410 g/mol. The molecule has 2 aromatic rings. The second-order valence-corrected chi connectivity index (χ2v) is 7.29. The van der Waals surface area contributed by atoms with Gasteiger partial charge in [-0.25, -0.2) is 9.59 Å². The van der Waals surface area contributed by atoms with E-state index in [4.69, 9.17) is 9.47 Å². The van der Waals surface area contributed by atoms with Gasteiger partial charge in [-0.2, -0.15) is 0 Å². The van der Waals surface area contributed by atoms with E-state index in [-0.39, 0.29) is 24.7 Å². The van der Waals surface area contributed by atoms with Gasteiger partial charge < -0.3 is 14.8 Å². The molecule has 2 aromatic carbocycles. The van der Waals surface area contributed by atoms with Crippen LogP contribution in [-0.2, 0) is 20.9 Å². The summed E-state index contributed by atoms with van der Waals surface area (Å²) in [6.07, 6.45) is 0.651. The first kappa shape index (κ1) is 21.4. The summed E-state index contributed by atoms with van der Waals surface area (Å²) in [5.41, 5.74) is 0.425. The molecule has 1 aliphatic rings. The summed E-state index contributed by atoms with van der Waals surface area (Å²) >= 11 is 0. The Morgan fingerprint density at radius 3 is 2.47 bits per heavy atom. The van der Waals surface area contributed by atoms with E-state index in [0.29, 0.717) is 25.1 Å². The van der Waals surface area contributed by atoms with Crippen molar-refractivity contribution in [3.8, 4) is 0 Å². The maximum Gasteiger partial charge on any atom is 0.410 e. The highest BCUT2D eigenvalue weighted by molar-refractivity contribution is 6.05. The van der Waals surface area contributed by atoms with Gasteiger partial charge in [-0.1, -0.05) is 42.5 Å². The highest BCUT2D eigenvalue weighted by Crippen LogP contribution is 2.32. The molecule has 158 valence electrons. The Morgan fingerprint density at radius 1 is 1.03 bits per heavy atom. The predicted octanol–water partition coefficient (Wildman–Crippen LogP) is 3.99. The Labute approximate surface area is 176 Å². The third kappa shape index (κ3) is 4.62. The lowest BCUT2D eigenvalue weighted by Gasteiger charge is -2.33. The van der Waals surface area contributed by atoms with E-state index in [1.165, 1.54) is 4.90 Å². The van der Waals surface area contributed by atoms with Crippen LogP contribution in [0.2, 0.25) is 0 Å². The van der Waals surface area contributed by atoms with Crippen LogP contribution in [0.25, 0.3) is 0 Å².